The fourth-order valence-corrected chi connectivity index (χ4v) is 1.73. The number of rotatable bonds is 0. The summed E-state index contributed by atoms with van der Waals surface area (Å²) in [5, 5.41) is 9.55. The Balaban J connectivity index is 3.29. The van der Waals surface area contributed by atoms with Crippen molar-refractivity contribution in [3.8, 4) is 5.75 Å². The molecule has 2 heteroatoms. The third kappa shape index (κ3) is 2.25. The predicted octanol–water partition coefficient (Wildman–Crippen LogP) is 3.76. The molecule has 0 aromatic heterocycles. The number of phenolic OH excluding ortho intramolecular Hbond substituents is 1. The van der Waals surface area contributed by atoms with Gasteiger partial charge in [0, 0.05) is 0 Å². The van der Waals surface area contributed by atoms with Crippen molar-refractivity contribution in [2.45, 2.75) is 33.1 Å². The van der Waals surface area contributed by atoms with Crippen LogP contribution < -0.4 is 0 Å². The SMILES string of the molecule is Cc1cc(C(C)(C)C)cc(Br)c1O. The summed E-state index contributed by atoms with van der Waals surface area (Å²) in [6, 6.07) is 4.00. The first-order valence-electron chi connectivity index (χ1n) is 4.32. The van der Waals surface area contributed by atoms with Gasteiger partial charge in [-0.05, 0) is 45.5 Å². The van der Waals surface area contributed by atoms with Crippen LogP contribution >= 0.6 is 15.9 Å². The summed E-state index contributed by atoms with van der Waals surface area (Å²) in [6.07, 6.45) is 0. The molecule has 0 saturated heterocycles. The lowest BCUT2D eigenvalue weighted by Crippen LogP contribution is -2.11. The molecule has 1 rings (SSSR count). The molecule has 0 atom stereocenters. The van der Waals surface area contributed by atoms with Gasteiger partial charge in [-0.2, -0.15) is 0 Å². The fraction of sp³-hybridized carbons (Fsp3) is 0.455. The second kappa shape index (κ2) is 3.33. The summed E-state index contributed by atoms with van der Waals surface area (Å²) in [6.45, 7) is 8.39. The Labute approximate surface area is 87.9 Å². The maximum absolute atomic E-state index is 9.55. The molecule has 0 spiro atoms. The van der Waals surface area contributed by atoms with Gasteiger partial charge >= 0.3 is 0 Å². The van der Waals surface area contributed by atoms with E-state index in [1.807, 2.05) is 19.1 Å². The van der Waals surface area contributed by atoms with E-state index < -0.39 is 0 Å². The van der Waals surface area contributed by atoms with Gasteiger partial charge in [0.05, 0.1) is 4.47 Å². The summed E-state index contributed by atoms with van der Waals surface area (Å²) < 4.78 is 0.775. The van der Waals surface area contributed by atoms with Gasteiger partial charge in [0.1, 0.15) is 5.75 Å². The van der Waals surface area contributed by atoms with Crippen LogP contribution in [-0.2, 0) is 5.41 Å². The molecule has 1 N–H and O–H groups in total. The first-order valence-corrected chi connectivity index (χ1v) is 5.11. The molecule has 1 aromatic carbocycles. The van der Waals surface area contributed by atoms with E-state index in [2.05, 4.69) is 36.7 Å². The lowest BCUT2D eigenvalue weighted by Gasteiger charge is -2.20. The fourth-order valence-electron chi connectivity index (χ4n) is 1.17. The molecule has 72 valence electrons. The van der Waals surface area contributed by atoms with Crippen LogP contribution in [0, 0.1) is 6.92 Å². The van der Waals surface area contributed by atoms with E-state index in [4.69, 9.17) is 0 Å². The van der Waals surface area contributed by atoms with Crippen molar-refractivity contribution in [3.63, 3.8) is 0 Å². The highest BCUT2D eigenvalue weighted by Gasteiger charge is 2.16. The zero-order valence-electron chi connectivity index (χ0n) is 8.48. The molecule has 0 saturated carbocycles. The molecular weight excluding hydrogens is 228 g/mol. The summed E-state index contributed by atoms with van der Waals surface area (Å²) in [7, 11) is 0. The minimum absolute atomic E-state index is 0.126. The molecule has 1 aromatic rings. The third-order valence-corrected chi connectivity index (χ3v) is 2.72. The molecule has 0 amide bonds. The molecule has 0 aliphatic carbocycles. The Morgan fingerprint density at radius 3 is 2.15 bits per heavy atom. The quantitative estimate of drug-likeness (QED) is 0.735. The predicted molar refractivity (Wildman–Crippen MR) is 59.2 cm³/mol. The van der Waals surface area contributed by atoms with Crippen LogP contribution in [-0.4, -0.2) is 5.11 Å². The van der Waals surface area contributed by atoms with Crippen molar-refractivity contribution < 1.29 is 5.11 Å². The highest BCUT2D eigenvalue weighted by Crippen LogP contribution is 2.33. The Kier molecular flexibility index (Phi) is 2.71. The summed E-state index contributed by atoms with van der Waals surface area (Å²) in [5.74, 6) is 0.341. The van der Waals surface area contributed by atoms with Gasteiger partial charge in [0.25, 0.3) is 0 Å². The lowest BCUT2D eigenvalue weighted by atomic mass is 9.86. The number of aryl methyl sites for hydroxylation is 1. The standard InChI is InChI=1S/C11H15BrO/c1-7-5-8(11(2,3)4)6-9(12)10(7)13/h5-6,13H,1-4H3. The van der Waals surface area contributed by atoms with Crippen LogP contribution in [0.2, 0.25) is 0 Å². The van der Waals surface area contributed by atoms with E-state index in [0.717, 1.165) is 10.0 Å². The van der Waals surface area contributed by atoms with Gasteiger partial charge in [-0.25, -0.2) is 0 Å². The van der Waals surface area contributed by atoms with Crippen LogP contribution in [0.1, 0.15) is 31.9 Å². The smallest absolute Gasteiger partial charge is 0.132 e. The normalized spacial score (nSPS) is 11.8. The van der Waals surface area contributed by atoms with Crippen molar-refractivity contribution in [2.24, 2.45) is 0 Å². The molecule has 0 fully saturated rings. The molecule has 1 nitrogen and oxygen atoms in total. The van der Waals surface area contributed by atoms with E-state index in [-0.39, 0.29) is 5.41 Å². The monoisotopic (exact) mass is 242 g/mol. The average Bonchev–Trinajstić information content (AvgIpc) is 1.97. The lowest BCUT2D eigenvalue weighted by molar-refractivity contribution is 0.466. The van der Waals surface area contributed by atoms with E-state index in [1.165, 1.54) is 5.56 Å². The van der Waals surface area contributed by atoms with Gasteiger partial charge < -0.3 is 5.11 Å². The first-order chi connectivity index (χ1) is 5.82. The number of benzene rings is 1. The number of aromatic hydroxyl groups is 1. The minimum Gasteiger partial charge on any atom is -0.506 e. The first kappa shape index (κ1) is 10.6. The Morgan fingerprint density at radius 1 is 1.23 bits per heavy atom. The van der Waals surface area contributed by atoms with Crippen LogP contribution in [0.5, 0.6) is 5.75 Å². The zero-order chi connectivity index (χ0) is 10.2. The summed E-state index contributed by atoms with van der Waals surface area (Å²) in [4.78, 5) is 0. The van der Waals surface area contributed by atoms with Gasteiger partial charge in [0.15, 0.2) is 0 Å². The summed E-state index contributed by atoms with van der Waals surface area (Å²) >= 11 is 3.34. The highest BCUT2D eigenvalue weighted by molar-refractivity contribution is 9.10. The third-order valence-electron chi connectivity index (χ3n) is 2.12. The zero-order valence-corrected chi connectivity index (χ0v) is 10.1. The second-order valence-electron chi connectivity index (χ2n) is 4.37. The van der Waals surface area contributed by atoms with Crippen LogP contribution in [0.15, 0.2) is 16.6 Å². The summed E-state index contributed by atoms with van der Waals surface area (Å²) in [5.41, 5.74) is 2.27. The van der Waals surface area contributed by atoms with Gasteiger partial charge in [-0.1, -0.05) is 26.8 Å². The minimum atomic E-state index is 0.126. The molecule has 0 heterocycles. The number of phenols is 1. The van der Waals surface area contributed by atoms with Gasteiger partial charge in [-0.15, -0.1) is 0 Å². The van der Waals surface area contributed by atoms with Gasteiger partial charge in [0.2, 0.25) is 0 Å². The van der Waals surface area contributed by atoms with Crippen molar-refractivity contribution in [1.82, 2.24) is 0 Å². The van der Waals surface area contributed by atoms with Crippen LogP contribution in [0.3, 0.4) is 0 Å². The molecule has 0 aliphatic heterocycles. The maximum atomic E-state index is 9.55. The number of hydrogen-bond acceptors (Lipinski definition) is 1. The van der Waals surface area contributed by atoms with E-state index >= 15 is 0 Å². The van der Waals surface area contributed by atoms with E-state index in [0.29, 0.717) is 5.75 Å². The molecule has 0 unspecified atom stereocenters. The molecule has 0 bridgehead atoms. The maximum Gasteiger partial charge on any atom is 0.132 e. The van der Waals surface area contributed by atoms with E-state index in [9.17, 15) is 5.11 Å². The van der Waals surface area contributed by atoms with Crippen molar-refractivity contribution in [1.29, 1.82) is 0 Å². The average molecular weight is 243 g/mol. The molecule has 13 heavy (non-hydrogen) atoms. The second-order valence-corrected chi connectivity index (χ2v) is 5.23. The van der Waals surface area contributed by atoms with Crippen LogP contribution in [0.4, 0.5) is 0 Å². The molecular formula is C11H15BrO. The molecule has 0 radical (unpaired) electrons. The largest absolute Gasteiger partial charge is 0.506 e. The Bertz CT molecular complexity index is 300. The van der Waals surface area contributed by atoms with Crippen molar-refractivity contribution in [2.75, 3.05) is 0 Å². The number of halogens is 1. The van der Waals surface area contributed by atoms with E-state index in [1.54, 1.807) is 0 Å². The van der Waals surface area contributed by atoms with Crippen molar-refractivity contribution >= 4 is 15.9 Å². The van der Waals surface area contributed by atoms with Crippen molar-refractivity contribution in [3.05, 3.63) is 27.7 Å². The topological polar surface area (TPSA) is 20.2 Å². The Morgan fingerprint density at radius 2 is 1.77 bits per heavy atom. The Hall–Kier alpha value is -0.500. The molecule has 0 aliphatic rings. The number of hydrogen-bond donors (Lipinski definition) is 1. The van der Waals surface area contributed by atoms with Crippen LogP contribution in [0.25, 0.3) is 0 Å². The van der Waals surface area contributed by atoms with Gasteiger partial charge in [-0.3, -0.25) is 0 Å². The highest BCUT2D eigenvalue weighted by atomic mass is 79.9.